The summed E-state index contributed by atoms with van der Waals surface area (Å²) in [7, 11) is 0. The maximum Gasteiger partial charge on any atom is 0.303 e. The number of hydrogen-bond acceptors (Lipinski definition) is 2. The van der Waals surface area contributed by atoms with Gasteiger partial charge in [-0.25, -0.2) is 8.78 Å². The fourth-order valence-corrected chi connectivity index (χ4v) is 2.36. The number of carbonyl (C=O) groups is 2. The van der Waals surface area contributed by atoms with Gasteiger partial charge in [0.15, 0.2) is 0 Å². The van der Waals surface area contributed by atoms with Crippen LogP contribution in [0.3, 0.4) is 0 Å². The molecule has 6 heteroatoms. The summed E-state index contributed by atoms with van der Waals surface area (Å²) in [6, 6.07) is 10.7. The predicted octanol–water partition coefficient (Wildman–Crippen LogP) is 3.23. The number of nitrogens with one attached hydrogen (secondary N) is 1. The SMILES string of the molecule is O=C(O)CCC(NC(=O)Cc1cccc(F)c1)c1ccc(F)cc1. The number of hydrogen-bond donors (Lipinski definition) is 2. The molecule has 2 aromatic carbocycles. The van der Waals surface area contributed by atoms with Crippen molar-refractivity contribution in [1.29, 1.82) is 0 Å². The summed E-state index contributed by atoms with van der Waals surface area (Å²) in [5.74, 6) is -2.19. The van der Waals surface area contributed by atoms with Crippen LogP contribution in [0.4, 0.5) is 8.78 Å². The van der Waals surface area contributed by atoms with E-state index in [4.69, 9.17) is 5.11 Å². The molecule has 1 amide bonds. The minimum atomic E-state index is -0.985. The molecular formula is C18H17F2NO3. The van der Waals surface area contributed by atoms with E-state index in [-0.39, 0.29) is 25.2 Å². The van der Waals surface area contributed by atoms with Crippen LogP contribution in [0, 0.1) is 11.6 Å². The van der Waals surface area contributed by atoms with E-state index in [0.717, 1.165) is 0 Å². The number of aliphatic carboxylic acids is 1. The third-order valence-corrected chi connectivity index (χ3v) is 3.51. The Balaban J connectivity index is 2.07. The summed E-state index contributed by atoms with van der Waals surface area (Å²) in [6.45, 7) is 0. The van der Waals surface area contributed by atoms with E-state index < -0.39 is 23.6 Å². The van der Waals surface area contributed by atoms with E-state index >= 15 is 0 Å². The summed E-state index contributed by atoms with van der Waals surface area (Å²) in [6.07, 6.45) is 0.0146. The van der Waals surface area contributed by atoms with Crippen molar-refractivity contribution in [1.82, 2.24) is 5.32 Å². The van der Waals surface area contributed by atoms with E-state index in [0.29, 0.717) is 11.1 Å². The van der Waals surface area contributed by atoms with Gasteiger partial charge in [-0.15, -0.1) is 0 Å². The molecule has 2 aromatic rings. The smallest absolute Gasteiger partial charge is 0.303 e. The lowest BCUT2D eigenvalue weighted by molar-refractivity contribution is -0.137. The van der Waals surface area contributed by atoms with E-state index in [1.807, 2.05) is 0 Å². The molecule has 0 radical (unpaired) electrons. The van der Waals surface area contributed by atoms with Crippen LogP contribution < -0.4 is 5.32 Å². The lowest BCUT2D eigenvalue weighted by atomic mass is 10.0. The summed E-state index contributed by atoms with van der Waals surface area (Å²) in [5.41, 5.74) is 1.13. The Kier molecular flexibility index (Phi) is 6.01. The zero-order valence-electron chi connectivity index (χ0n) is 12.8. The average Bonchev–Trinajstić information content (AvgIpc) is 2.52. The largest absolute Gasteiger partial charge is 0.481 e. The zero-order chi connectivity index (χ0) is 17.5. The molecule has 0 heterocycles. The van der Waals surface area contributed by atoms with E-state index in [1.54, 1.807) is 6.07 Å². The van der Waals surface area contributed by atoms with Crippen LogP contribution >= 0.6 is 0 Å². The van der Waals surface area contributed by atoms with Crippen LogP contribution in [0.5, 0.6) is 0 Å². The van der Waals surface area contributed by atoms with Gasteiger partial charge in [-0.2, -0.15) is 0 Å². The number of carbonyl (C=O) groups excluding carboxylic acids is 1. The first kappa shape index (κ1) is 17.6. The quantitative estimate of drug-likeness (QED) is 0.817. The maximum atomic E-state index is 13.2. The van der Waals surface area contributed by atoms with Gasteiger partial charge in [0.1, 0.15) is 11.6 Å². The van der Waals surface area contributed by atoms with Crippen LogP contribution in [0.15, 0.2) is 48.5 Å². The molecular weight excluding hydrogens is 316 g/mol. The van der Waals surface area contributed by atoms with Gasteiger partial charge in [0.05, 0.1) is 12.5 Å². The second-order valence-corrected chi connectivity index (χ2v) is 5.41. The molecule has 0 spiro atoms. The van der Waals surface area contributed by atoms with Crippen molar-refractivity contribution in [3.63, 3.8) is 0 Å². The van der Waals surface area contributed by atoms with Crippen molar-refractivity contribution in [2.75, 3.05) is 0 Å². The summed E-state index contributed by atoms with van der Waals surface area (Å²) >= 11 is 0. The molecule has 2 N–H and O–H groups in total. The standard InChI is InChI=1S/C18H17F2NO3/c19-14-6-4-13(5-7-14)16(8-9-18(23)24)21-17(22)11-12-2-1-3-15(20)10-12/h1-7,10,16H,8-9,11H2,(H,21,22)(H,23,24). The first-order valence-corrected chi connectivity index (χ1v) is 7.45. The molecule has 0 aromatic heterocycles. The minimum absolute atomic E-state index is 0.0253. The van der Waals surface area contributed by atoms with Crippen LogP contribution in [0.2, 0.25) is 0 Å². The Morgan fingerprint density at radius 1 is 1.04 bits per heavy atom. The molecule has 0 fully saturated rings. The molecule has 0 saturated carbocycles. The molecule has 0 bridgehead atoms. The lowest BCUT2D eigenvalue weighted by Gasteiger charge is -2.18. The number of amides is 1. The molecule has 0 aliphatic heterocycles. The first-order valence-electron chi connectivity index (χ1n) is 7.45. The molecule has 1 unspecified atom stereocenters. The fourth-order valence-electron chi connectivity index (χ4n) is 2.36. The van der Waals surface area contributed by atoms with Crippen molar-refractivity contribution in [2.24, 2.45) is 0 Å². The van der Waals surface area contributed by atoms with Crippen molar-refractivity contribution >= 4 is 11.9 Å². The number of halogens is 2. The monoisotopic (exact) mass is 333 g/mol. The zero-order valence-corrected chi connectivity index (χ0v) is 12.8. The Hall–Kier alpha value is -2.76. The normalized spacial score (nSPS) is 11.8. The second kappa shape index (κ2) is 8.19. The third-order valence-electron chi connectivity index (χ3n) is 3.51. The Bertz CT molecular complexity index is 716. The van der Waals surface area contributed by atoms with Gasteiger partial charge in [-0.05, 0) is 41.8 Å². The molecule has 126 valence electrons. The van der Waals surface area contributed by atoms with Gasteiger partial charge in [-0.1, -0.05) is 24.3 Å². The Morgan fingerprint density at radius 3 is 2.38 bits per heavy atom. The number of carboxylic acid groups (broad SMARTS) is 1. The van der Waals surface area contributed by atoms with Gasteiger partial charge >= 0.3 is 5.97 Å². The number of carboxylic acids is 1. The second-order valence-electron chi connectivity index (χ2n) is 5.41. The first-order chi connectivity index (χ1) is 11.4. The Labute approximate surface area is 138 Å². The topological polar surface area (TPSA) is 66.4 Å². The van der Waals surface area contributed by atoms with Crippen molar-refractivity contribution in [2.45, 2.75) is 25.3 Å². The highest BCUT2D eigenvalue weighted by molar-refractivity contribution is 5.79. The fraction of sp³-hybridized carbons (Fsp3) is 0.222. The van der Waals surface area contributed by atoms with Gasteiger partial charge in [0.25, 0.3) is 0 Å². The highest BCUT2D eigenvalue weighted by atomic mass is 19.1. The summed E-state index contributed by atoms with van der Waals surface area (Å²) in [4.78, 5) is 23.0. The molecule has 24 heavy (non-hydrogen) atoms. The van der Waals surface area contributed by atoms with Crippen LogP contribution in [0.1, 0.15) is 30.0 Å². The molecule has 0 saturated heterocycles. The highest BCUT2D eigenvalue weighted by Gasteiger charge is 2.16. The number of rotatable bonds is 7. The van der Waals surface area contributed by atoms with Crippen molar-refractivity contribution in [3.8, 4) is 0 Å². The summed E-state index contributed by atoms with van der Waals surface area (Å²) < 4.78 is 26.2. The predicted molar refractivity (Wildman–Crippen MR) is 84.3 cm³/mol. The van der Waals surface area contributed by atoms with Crippen LogP contribution in [-0.2, 0) is 16.0 Å². The van der Waals surface area contributed by atoms with E-state index in [2.05, 4.69) is 5.32 Å². The van der Waals surface area contributed by atoms with E-state index in [9.17, 15) is 18.4 Å². The molecule has 0 aliphatic carbocycles. The van der Waals surface area contributed by atoms with Gasteiger partial charge in [-0.3, -0.25) is 9.59 Å². The summed E-state index contributed by atoms with van der Waals surface area (Å²) in [5, 5.41) is 11.6. The third kappa shape index (κ3) is 5.46. The van der Waals surface area contributed by atoms with Gasteiger partial charge < -0.3 is 10.4 Å². The van der Waals surface area contributed by atoms with Gasteiger partial charge in [0.2, 0.25) is 5.91 Å². The molecule has 2 rings (SSSR count). The molecule has 4 nitrogen and oxygen atoms in total. The Morgan fingerprint density at radius 2 is 1.75 bits per heavy atom. The average molecular weight is 333 g/mol. The molecule has 1 atom stereocenters. The highest BCUT2D eigenvalue weighted by Crippen LogP contribution is 2.19. The van der Waals surface area contributed by atoms with Crippen LogP contribution in [-0.4, -0.2) is 17.0 Å². The van der Waals surface area contributed by atoms with Crippen molar-refractivity contribution in [3.05, 3.63) is 71.3 Å². The van der Waals surface area contributed by atoms with Gasteiger partial charge in [0, 0.05) is 6.42 Å². The van der Waals surface area contributed by atoms with E-state index in [1.165, 1.54) is 42.5 Å². The lowest BCUT2D eigenvalue weighted by Crippen LogP contribution is -2.30. The minimum Gasteiger partial charge on any atom is -0.481 e. The number of benzene rings is 2. The maximum absolute atomic E-state index is 13.2. The van der Waals surface area contributed by atoms with Crippen molar-refractivity contribution < 1.29 is 23.5 Å². The molecule has 0 aliphatic rings. The van der Waals surface area contributed by atoms with Crippen LogP contribution in [0.25, 0.3) is 0 Å².